The van der Waals surface area contributed by atoms with E-state index in [2.05, 4.69) is 15.2 Å². The summed E-state index contributed by atoms with van der Waals surface area (Å²) in [6, 6.07) is 13.4. The molecule has 2 heterocycles. The zero-order chi connectivity index (χ0) is 22.0. The first-order valence-electron chi connectivity index (χ1n) is 10.2. The molecule has 1 amide bonds. The van der Waals surface area contributed by atoms with Gasteiger partial charge in [0, 0.05) is 17.5 Å². The fraction of sp³-hybridized carbons (Fsp3) is 0.304. The van der Waals surface area contributed by atoms with Crippen LogP contribution in [0.1, 0.15) is 37.6 Å². The molecule has 3 aromatic rings. The minimum absolute atomic E-state index is 0.0603. The first-order chi connectivity index (χ1) is 15.1. The van der Waals surface area contributed by atoms with Gasteiger partial charge in [0.15, 0.2) is 5.69 Å². The first kappa shape index (κ1) is 21.1. The van der Waals surface area contributed by atoms with Crippen LogP contribution >= 0.6 is 11.8 Å². The van der Waals surface area contributed by atoms with E-state index < -0.39 is 6.23 Å². The second kappa shape index (κ2) is 8.93. The zero-order valence-corrected chi connectivity index (χ0v) is 18.8. The van der Waals surface area contributed by atoms with E-state index in [1.165, 1.54) is 11.8 Å². The molecule has 0 radical (unpaired) electrons. The lowest BCUT2D eigenvalue weighted by Gasteiger charge is -2.31. The van der Waals surface area contributed by atoms with E-state index in [4.69, 9.17) is 9.47 Å². The van der Waals surface area contributed by atoms with Gasteiger partial charge in [-0.1, -0.05) is 36.9 Å². The van der Waals surface area contributed by atoms with Gasteiger partial charge in [-0.3, -0.25) is 9.69 Å². The number of ether oxygens (including phenoxy) is 2. The van der Waals surface area contributed by atoms with E-state index in [0.717, 1.165) is 28.1 Å². The molecular formula is C23H24N4O3S. The fourth-order valence-corrected chi connectivity index (χ4v) is 3.90. The summed E-state index contributed by atoms with van der Waals surface area (Å²) in [4.78, 5) is 19.4. The van der Waals surface area contributed by atoms with Crippen LogP contribution in [0.2, 0.25) is 0 Å². The molecule has 2 aromatic carbocycles. The summed E-state index contributed by atoms with van der Waals surface area (Å²) in [6.45, 7) is 6.36. The highest BCUT2D eigenvalue weighted by Crippen LogP contribution is 2.43. The summed E-state index contributed by atoms with van der Waals surface area (Å²) in [7, 11) is 0. The summed E-state index contributed by atoms with van der Waals surface area (Å²) in [5.74, 6) is 1.10. The first-order valence-corrected chi connectivity index (χ1v) is 11.4. The van der Waals surface area contributed by atoms with Gasteiger partial charge in [0.2, 0.25) is 23.2 Å². The Kier molecular flexibility index (Phi) is 6.08. The smallest absolute Gasteiger partial charge is 0.247 e. The predicted molar refractivity (Wildman–Crippen MR) is 121 cm³/mol. The van der Waals surface area contributed by atoms with Crippen molar-refractivity contribution < 1.29 is 14.3 Å². The molecule has 0 bridgehead atoms. The van der Waals surface area contributed by atoms with Crippen LogP contribution in [-0.4, -0.2) is 34.0 Å². The van der Waals surface area contributed by atoms with Gasteiger partial charge in [0.1, 0.15) is 5.75 Å². The number of hydrogen-bond donors (Lipinski definition) is 0. The van der Waals surface area contributed by atoms with Crippen LogP contribution < -0.4 is 14.4 Å². The Labute approximate surface area is 185 Å². The molecule has 1 aliphatic heterocycles. The third-order valence-electron chi connectivity index (χ3n) is 5.05. The Morgan fingerprint density at radius 1 is 1.19 bits per heavy atom. The Morgan fingerprint density at radius 2 is 2.00 bits per heavy atom. The van der Waals surface area contributed by atoms with E-state index in [0.29, 0.717) is 29.8 Å². The lowest BCUT2D eigenvalue weighted by molar-refractivity contribution is -0.120. The molecule has 0 unspecified atom stereocenters. The number of aromatic nitrogens is 3. The van der Waals surface area contributed by atoms with E-state index in [-0.39, 0.29) is 5.91 Å². The number of anilines is 1. The maximum absolute atomic E-state index is 13.2. The molecular weight excluding hydrogens is 412 g/mol. The molecule has 0 saturated heterocycles. The highest BCUT2D eigenvalue weighted by molar-refractivity contribution is 7.98. The number of benzene rings is 2. The van der Waals surface area contributed by atoms with E-state index in [1.807, 2.05) is 69.5 Å². The number of fused-ring (bicyclic) bond motifs is 3. The van der Waals surface area contributed by atoms with Crippen LogP contribution in [0.25, 0.3) is 11.3 Å². The molecule has 8 heteroatoms. The maximum Gasteiger partial charge on any atom is 0.247 e. The minimum atomic E-state index is -0.698. The van der Waals surface area contributed by atoms with Crippen molar-refractivity contribution in [3.63, 3.8) is 0 Å². The third-order valence-corrected chi connectivity index (χ3v) is 5.59. The normalized spacial score (nSPS) is 14.8. The molecule has 1 atom stereocenters. The van der Waals surface area contributed by atoms with Crippen LogP contribution in [0, 0.1) is 6.92 Å². The average molecular weight is 437 g/mol. The molecule has 0 N–H and O–H groups in total. The molecule has 0 saturated carbocycles. The van der Waals surface area contributed by atoms with Gasteiger partial charge in [-0.25, -0.2) is 0 Å². The molecule has 0 fully saturated rings. The average Bonchev–Trinajstić information content (AvgIpc) is 2.94. The molecule has 4 rings (SSSR count). The number of aryl methyl sites for hydroxylation is 1. The van der Waals surface area contributed by atoms with Crippen molar-refractivity contribution in [1.29, 1.82) is 0 Å². The lowest BCUT2D eigenvalue weighted by atomic mass is 10.1. The Bertz CT molecular complexity index is 1120. The summed E-state index contributed by atoms with van der Waals surface area (Å²) in [5, 5.41) is 9.07. The fourth-order valence-electron chi connectivity index (χ4n) is 3.60. The predicted octanol–water partition coefficient (Wildman–Crippen LogP) is 4.80. The quantitative estimate of drug-likeness (QED) is 0.532. The van der Waals surface area contributed by atoms with Gasteiger partial charge < -0.3 is 9.47 Å². The van der Waals surface area contributed by atoms with Crippen molar-refractivity contribution in [1.82, 2.24) is 15.2 Å². The number of rotatable bonds is 5. The van der Waals surface area contributed by atoms with Crippen LogP contribution in [0.5, 0.6) is 11.6 Å². The number of amides is 1. The van der Waals surface area contributed by atoms with Gasteiger partial charge in [0.25, 0.3) is 0 Å². The SMILES string of the molecule is CCOc1ccc([C@H]2Oc3nc(SC)nnc3-c3ccccc3N2C(=O)CC)cc1C. The number of thioether (sulfide) groups is 1. The summed E-state index contributed by atoms with van der Waals surface area (Å²) < 4.78 is 12.1. The number of carbonyl (C=O) groups is 1. The van der Waals surface area contributed by atoms with Crippen LogP contribution in [0.3, 0.4) is 0 Å². The highest BCUT2D eigenvalue weighted by Gasteiger charge is 2.35. The minimum Gasteiger partial charge on any atom is -0.494 e. The molecule has 0 spiro atoms. The van der Waals surface area contributed by atoms with Gasteiger partial charge >= 0.3 is 0 Å². The number of nitrogens with zero attached hydrogens (tertiary/aromatic N) is 4. The van der Waals surface area contributed by atoms with E-state index in [1.54, 1.807) is 4.90 Å². The number of carbonyl (C=O) groups excluding carboxylic acids is 1. The molecule has 160 valence electrons. The Hall–Kier alpha value is -3.13. The van der Waals surface area contributed by atoms with Crippen LogP contribution in [0.4, 0.5) is 5.69 Å². The highest BCUT2D eigenvalue weighted by atomic mass is 32.2. The van der Waals surface area contributed by atoms with E-state index >= 15 is 0 Å². The molecule has 7 nitrogen and oxygen atoms in total. The summed E-state index contributed by atoms with van der Waals surface area (Å²) in [5.41, 5.74) is 3.80. The zero-order valence-electron chi connectivity index (χ0n) is 18.0. The largest absolute Gasteiger partial charge is 0.494 e. The van der Waals surface area contributed by atoms with Crippen molar-refractivity contribution in [3.05, 3.63) is 53.6 Å². The van der Waals surface area contributed by atoms with Gasteiger partial charge in [-0.05, 0) is 49.9 Å². The van der Waals surface area contributed by atoms with Gasteiger partial charge in [-0.2, -0.15) is 4.98 Å². The van der Waals surface area contributed by atoms with Crippen LogP contribution in [0.15, 0.2) is 47.6 Å². The second-order valence-electron chi connectivity index (χ2n) is 7.01. The van der Waals surface area contributed by atoms with Crippen molar-refractivity contribution in [2.45, 2.75) is 38.6 Å². The third kappa shape index (κ3) is 3.95. The molecule has 0 aliphatic carbocycles. The van der Waals surface area contributed by atoms with Crippen molar-refractivity contribution in [2.75, 3.05) is 17.8 Å². The standard InChI is InChI=1S/C23H24N4O3S/c1-5-19(28)27-17-10-8-7-9-16(17)20-21(24-23(31-4)26-25-20)30-22(27)15-11-12-18(29-6-2)14(3)13-15/h7-13,22H,5-6H2,1-4H3/t22-/m1/s1. The lowest BCUT2D eigenvalue weighted by Crippen LogP contribution is -2.37. The molecule has 1 aromatic heterocycles. The monoisotopic (exact) mass is 436 g/mol. The van der Waals surface area contributed by atoms with Crippen molar-refractivity contribution in [2.24, 2.45) is 0 Å². The van der Waals surface area contributed by atoms with Crippen LogP contribution in [-0.2, 0) is 4.79 Å². The molecule has 1 aliphatic rings. The number of para-hydroxylation sites is 1. The Balaban J connectivity index is 1.92. The van der Waals surface area contributed by atoms with Crippen molar-refractivity contribution in [3.8, 4) is 22.9 Å². The number of hydrogen-bond acceptors (Lipinski definition) is 7. The maximum atomic E-state index is 13.2. The van der Waals surface area contributed by atoms with Gasteiger partial charge in [0.05, 0.1) is 12.3 Å². The summed E-state index contributed by atoms with van der Waals surface area (Å²) in [6.07, 6.45) is 1.51. The van der Waals surface area contributed by atoms with Crippen molar-refractivity contribution >= 4 is 23.4 Å². The Morgan fingerprint density at radius 3 is 2.71 bits per heavy atom. The molecule has 31 heavy (non-hydrogen) atoms. The summed E-state index contributed by atoms with van der Waals surface area (Å²) >= 11 is 1.39. The van der Waals surface area contributed by atoms with E-state index in [9.17, 15) is 4.79 Å². The van der Waals surface area contributed by atoms with Gasteiger partial charge in [-0.15, -0.1) is 10.2 Å². The topological polar surface area (TPSA) is 77.4 Å². The second-order valence-corrected chi connectivity index (χ2v) is 7.79.